The van der Waals surface area contributed by atoms with Crippen LogP contribution in [-0.4, -0.2) is 35.8 Å². The Morgan fingerprint density at radius 2 is 1.71 bits per heavy atom. The smallest absolute Gasteiger partial charge is 0.227 e. The molecule has 1 fully saturated rings. The summed E-state index contributed by atoms with van der Waals surface area (Å²) in [5.41, 5.74) is 0.711. The molecular formula is C26H37NO4. The van der Waals surface area contributed by atoms with Crippen molar-refractivity contribution in [3.8, 4) is 5.75 Å². The van der Waals surface area contributed by atoms with Crippen LogP contribution in [0.1, 0.15) is 89.3 Å². The summed E-state index contributed by atoms with van der Waals surface area (Å²) in [5, 5.41) is 0.790. The summed E-state index contributed by atoms with van der Waals surface area (Å²) in [6.07, 6.45) is 6.49. The zero-order chi connectivity index (χ0) is 22.8. The predicted molar refractivity (Wildman–Crippen MR) is 124 cm³/mol. The molecule has 2 atom stereocenters. The number of carbonyl (C=O) groups excluding carboxylic acids is 2. The molecule has 1 aromatic carbocycles. The van der Waals surface area contributed by atoms with E-state index in [1.165, 1.54) is 0 Å². The van der Waals surface area contributed by atoms with Gasteiger partial charge in [0.2, 0.25) is 11.7 Å². The van der Waals surface area contributed by atoms with Gasteiger partial charge in [-0.3, -0.25) is 9.59 Å². The molecule has 0 aliphatic carbocycles. The molecule has 1 aliphatic heterocycles. The number of ether oxygens (including phenoxy) is 1. The van der Waals surface area contributed by atoms with Crippen LogP contribution in [-0.2, 0) is 11.2 Å². The third-order valence-electron chi connectivity index (χ3n) is 6.37. The van der Waals surface area contributed by atoms with Gasteiger partial charge in [0.25, 0.3) is 0 Å². The average molecular weight is 428 g/mol. The fourth-order valence-corrected chi connectivity index (χ4v) is 4.80. The lowest BCUT2D eigenvalue weighted by atomic mass is 9.87. The number of benzene rings is 1. The summed E-state index contributed by atoms with van der Waals surface area (Å²) in [6.45, 7) is 9.98. The first-order valence-electron chi connectivity index (χ1n) is 11.7. The molecule has 31 heavy (non-hydrogen) atoms. The summed E-state index contributed by atoms with van der Waals surface area (Å²) < 4.78 is 11.4. The van der Waals surface area contributed by atoms with Crippen molar-refractivity contribution in [2.75, 3.05) is 7.11 Å². The minimum Gasteiger partial charge on any atom is -0.497 e. The van der Waals surface area contributed by atoms with E-state index >= 15 is 0 Å². The number of fused-ring (bicyclic) bond motifs is 1. The molecule has 3 rings (SSSR count). The Hall–Kier alpha value is -2.30. The van der Waals surface area contributed by atoms with Crippen LogP contribution in [0.4, 0.5) is 0 Å². The Balaban J connectivity index is 2.03. The second-order valence-electron chi connectivity index (χ2n) is 9.79. The van der Waals surface area contributed by atoms with E-state index in [9.17, 15) is 9.59 Å². The molecule has 0 bridgehead atoms. The van der Waals surface area contributed by atoms with E-state index < -0.39 is 5.41 Å². The summed E-state index contributed by atoms with van der Waals surface area (Å²) in [7, 11) is 1.61. The highest BCUT2D eigenvalue weighted by atomic mass is 16.5. The van der Waals surface area contributed by atoms with Gasteiger partial charge in [0.15, 0.2) is 5.76 Å². The van der Waals surface area contributed by atoms with E-state index in [1.54, 1.807) is 7.11 Å². The maximum atomic E-state index is 13.6. The highest BCUT2D eigenvalue weighted by Gasteiger charge is 2.37. The molecule has 5 heteroatoms. The molecule has 5 nitrogen and oxygen atoms in total. The Morgan fingerprint density at radius 3 is 2.23 bits per heavy atom. The van der Waals surface area contributed by atoms with Crippen LogP contribution in [0.2, 0.25) is 0 Å². The number of ketones is 1. The molecule has 0 radical (unpaired) electrons. The van der Waals surface area contributed by atoms with E-state index in [0.29, 0.717) is 34.7 Å². The van der Waals surface area contributed by atoms with Crippen molar-refractivity contribution in [2.24, 2.45) is 5.41 Å². The molecule has 0 unspecified atom stereocenters. The van der Waals surface area contributed by atoms with Crippen molar-refractivity contribution < 1.29 is 18.7 Å². The van der Waals surface area contributed by atoms with Crippen LogP contribution in [0, 0.1) is 5.41 Å². The number of amides is 1. The lowest BCUT2D eigenvalue weighted by Gasteiger charge is -2.30. The normalized spacial score (nSPS) is 19.2. The Kier molecular flexibility index (Phi) is 7.13. The van der Waals surface area contributed by atoms with Gasteiger partial charge < -0.3 is 14.1 Å². The SMILES string of the molecule is CCC[C@H]1CC[C@H](CCC)N1C(=O)Cc1c(C(=O)C(C)(C)C)oc2ccc(OC)cc12. The molecule has 0 N–H and O–H groups in total. The number of nitrogens with zero attached hydrogens (tertiary/aromatic N) is 1. The highest BCUT2D eigenvalue weighted by Crippen LogP contribution is 2.36. The number of furan rings is 1. The third kappa shape index (κ3) is 4.81. The fourth-order valence-electron chi connectivity index (χ4n) is 4.80. The van der Waals surface area contributed by atoms with Crippen molar-refractivity contribution in [1.82, 2.24) is 4.90 Å². The summed E-state index contributed by atoms with van der Waals surface area (Å²) in [5.74, 6) is 1.01. The molecule has 1 saturated heterocycles. The van der Waals surface area contributed by atoms with Gasteiger partial charge in [-0.05, 0) is 43.9 Å². The van der Waals surface area contributed by atoms with Crippen molar-refractivity contribution in [3.05, 3.63) is 29.5 Å². The van der Waals surface area contributed by atoms with Gasteiger partial charge in [-0.1, -0.05) is 47.5 Å². The summed E-state index contributed by atoms with van der Waals surface area (Å²) >= 11 is 0. The van der Waals surface area contributed by atoms with Crippen LogP contribution in [0.5, 0.6) is 5.75 Å². The van der Waals surface area contributed by atoms with Crippen molar-refractivity contribution in [2.45, 2.75) is 91.6 Å². The van der Waals surface area contributed by atoms with Crippen LogP contribution in [0.25, 0.3) is 11.0 Å². The zero-order valence-corrected chi connectivity index (χ0v) is 19.9. The minimum atomic E-state index is -0.598. The number of hydrogen-bond donors (Lipinski definition) is 0. The van der Waals surface area contributed by atoms with Gasteiger partial charge in [0.1, 0.15) is 11.3 Å². The fraction of sp³-hybridized carbons (Fsp3) is 0.615. The summed E-state index contributed by atoms with van der Waals surface area (Å²) in [4.78, 5) is 29.0. The second-order valence-corrected chi connectivity index (χ2v) is 9.79. The van der Waals surface area contributed by atoms with Gasteiger partial charge in [-0.2, -0.15) is 0 Å². The monoisotopic (exact) mass is 427 g/mol. The van der Waals surface area contributed by atoms with Crippen LogP contribution in [0.3, 0.4) is 0 Å². The molecule has 1 aliphatic rings. The Bertz CT molecular complexity index is 923. The van der Waals surface area contributed by atoms with Gasteiger partial charge in [-0.15, -0.1) is 0 Å². The molecule has 170 valence electrons. The van der Waals surface area contributed by atoms with Crippen molar-refractivity contribution >= 4 is 22.7 Å². The van der Waals surface area contributed by atoms with Gasteiger partial charge in [0.05, 0.1) is 13.5 Å². The molecule has 1 aromatic heterocycles. The second kappa shape index (κ2) is 9.46. The highest BCUT2D eigenvalue weighted by molar-refractivity contribution is 6.04. The topological polar surface area (TPSA) is 59.8 Å². The molecule has 0 saturated carbocycles. The van der Waals surface area contributed by atoms with Crippen LogP contribution in [0.15, 0.2) is 22.6 Å². The first-order chi connectivity index (χ1) is 14.7. The first kappa shape index (κ1) is 23.4. The molecular weight excluding hydrogens is 390 g/mol. The maximum absolute atomic E-state index is 13.6. The molecule has 1 amide bonds. The average Bonchev–Trinajstić information content (AvgIpc) is 3.28. The van der Waals surface area contributed by atoms with E-state index in [1.807, 2.05) is 39.0 Å². The minimum absolute atomic E-state index is 0.0814. The van der Waals surface area contributed by atoms with Crippen LogP contribution >= 0.6 is 0 Å². The van der Waals surface area contributed by atoms with Crippen LogP contribution < -0.4 is 4.74 Å². The van der Waals surface area contributed by atoms with Gasteiger partial charge in [0, 0.05) is 28.4 Å². The molecule has 0 spiro atoms. The first-order valence-corrected chi connectivity index (χ1v) is 11.7. The lowest BCUT2D eigenvalue weighted by molar-refractivity contribution is -0.133. The Labute approximate surface area is 186 Å². The number of likely N-dealkylation sites (tertiary alicyclic amines) is 1. The number of hydrogen-bond acceptors (Lipinski definition) is 4. The predicted octanol–water partition coefficient (Wildman–Crippen LogP) is 6.17. The standard InChI is InChI=1S/C26H37NO4/c1-7-9-17-11-12-18(10-8-2)27(17)23(28)16-21-20-15-19(30-6)13-14-22(20)31-24(21)25(29)26(3,4)5/h13-15,17-18H,7-12,16H2,1-6H3/t17-,18-/m0/s1. The third-order valence-corrected chi connectivity index (χ3v) is 6.37. The Morgan fingerprint density at radius 1 is 1.10 bits per heavy atom. The van der Waals surface area contributed by atoms with Gasteiger partial charge in [-0.25, -0.2) is 0 Å². The number of rotatable bonds is 8. The van der Waals surface area contributed by atoms with Crippen molar-refractivity contribution in [3.63, 3.8) is 0 Å². The quantitative estimate of drug-likeness (QED) is 0.473. The van der Waals surface area contributed by atoms with E-state index in [2.05, 4.69) is 18.7 Å². The number of Topliss-reactive ketones (excluding diaryl/α,β-unsaturated/α-hetero) is 1. The largest absolute Gasteiger partial charge is 0.497 e. The maximum Gasteiger partial charge on any atom is 0.227 e. The molecule has 2 heterocycles. The number of carbonyl (C=O) groups is 2. The lowest BCUT2D eigenvalue weighted by Crippen LogP contribution is -2.42. The van der Waals surface area contributed by atoms with E-state index in [-0.39, 0.29) is 18.1 Å². The molecule has 2 aromatic rings. The number of methoxy groups -OCH3 is 1. The van der Waals surface area contributed by atoms with E-state index in [4.69, 9.17) is 9.15 Å². The van der Waals surface area contributed by atoms with Gasteiger partial charge >= 0.3 is 0 Å². The van der Waals surface area contributed by atoms with Crippen molar-refractivity contribution in [1.29, 1.82) is 0 Å². The zero-order valence-electron chi connectivity index (χ0n) is 19.9. The van der Waals surface area contributed by atoms with E-state index in [0.717, 1.165) is 43.9 Å². The summed E-state index contributed by atoms with van der Waals surface area (Å²) in [6, 6.07) is 6.10.